The molecule has 0 amide bonds. The summed E-state index contributed by atoms with van der Waals surface area (Å²) >= 11 is 0. The first-order valence-corrected chi connectivity index (χ1v) is 8.73. The molecule has 1 aliphatic rings. The van der Waals surface area contributed by atoms with Crippen molar-refractivity contribution in [2.45, 2.75) is 51.3 Å². The molecule has 2 aromatic rings. The van der Waals surface area contributed by atoms with E-state index in [1.54, 1.807) is 12.2 Å². The third-order valence-electron chi connectivity index (χ3n) is 4.21. The summed E-state index contributed by atoms with van der Waals surface area (Å²) in [6.45, 7) is 3.68. The second kappa shape index (κ2) is 8.55. The molecular weight excluding hydrogens is 336 g/mol. The number of aliphatic hydroxyl groups is 2. The molecule has 7 nitrogen and oxygen atoms in total. The maximum atomic E-state index is 9.63. The molecule has 0 saturated carbocycles. The number of rotatable bonds is 7. The van der Waals surface area contributed by atoms with Gasteiger partial charge in [0.05, 0.1) is 12.7 Å². The first kappa shape index (κ1) is 18.7. The summed E-state index contributed by atoms with van der Waals surface area (Å²) in [6.07, 6.45) is 2.31. The van der Waals surface area contributed by atoms with Crippen molar-refractivity contribution < 1.29 is 24.2 Å². The lowest BCUT2D eigenvalue weighted by atomic mass is 10.1. The SMILES string of the molecule is Cc1cccc(-c2noc(CC[C@H](C)O[C@@H]3C=C[C@H](O)[C@@H](CO)O3)n2)c1. The van der Waals surface area contributed by atoms with E-state index in [4.69, 9.17) is 14.0 Å². The highest BCUT2D eigenvalue weighted by molar-refractivity contribution is 5.55. The van der Waals surface area contributed by atoms with E-state index in [-0.39, 0.29) is 12.7 Å². The molecule has 0 bridgehead atoms. The van der Waals surface area contributed by atoms with Crippen LogP contribution in [0.2, 0.25) is 0 Å². The van der Waals surface area contributed by atoms with E-state index in [0.717, 1.165) is 11.1 Å². The standard InChI is InChI=1S/C19H24N2O5/c1-12-4-3-5-14(10-12)19-20-17(26-21-19)8-6-13(2)24-18-9-7-15(23)16(11-22)25-18/h3-5,7,9-10,13,15-16,18,22-23H,6,8,11H2,1-2H3/t13-,15-,16+,18-/m0/s1. The van der Waals surface area contributed by atoms with Crippen LogP contribution in [0.15, 0.2) is 40.9 Å². The van der Waals surface area contributed by atoms with E-state index in [2.05, 4.69) is 10.1 Å². The fraction of sp³-hybridized carbons (Fsp3) is 0.474. The summed E-state index contributed by atoms with van der Waals surface area (Å²) in [4.78, 5) is 4.43. The quantitative estimate of drug-likeness (QED) is 0.729. The minimum absolute atomic E-state index is 0.117. The van der Waals surface area contributed by atoms with Crippen molar-refractivity contribution in [3.05, 3.63) is 47.9 Å². The van der Waals surface area contributed by atoms with Crippen molar-refractivity contribution in [1.82, 2.24) is 10.1 Å². The number of benzene rings is 1. The largest absolute Gasteiger partial charge is 0.394 e. The van der Waals surface area contributed by atoms with E-state index in [1.165, 1.54) is 0 Å². The van der Waals surface area contributed by atoms with Crippen LogP contribution in [0.3, 0.4) is 0 Å². The van der Waals surface area contributed by atoms with Gasteiger partial charge in [-0.3, -0.25) is 0 Å². The Morgan fingerprint density at radius 3 is 2.92 bits per heavy atom. The summed E-state index contributed by atoms with van der Waals surface area (Å²) in [7, 11) is 0. The van der Waals surface area contributed by atoms with Gasteiger partial charge in [0, 0.05) is 12.0 Å². The predicted molar refractivity (Wildman–Crippen MR) is 94.2 cm³/mol. The van der Waals surface area contributed by atoms with Crippen LogP contribution in [-0.4, -0.2) is 51.6 Å². The number of hydrogen-bond acceptors (Lipinski definition) is 7. The molecule has 0 fully saturated rings. The Hall–Kier alpha value is -2.06. The Labute approximate surface area is 152 Å². The lowest BCUT2D eigenvalue weighted by Crippen LogP contribution is -2.39. The molecule has 3 rings (SSSR count). The average Bonchev–Trinajstić information content (AvgIpc) is 3.11. The zero-order chi connectivity index (χ0) is 18.5. The van der Waals surface area contributed by atoms with E-state index in [9.17, 15) is 10.2 Å². The molecule has 0 spiro atoms. The van der Waals surface area contributed by atoms with Crippen LogP contribution in [0.1, 0.15) is 24.8 Å². The minimum atomic E-state index is -0.811. The Morgan fingerprint density at radius 2 is 2.15 bits per heavy atom. The normalized spacial score (nSPS) is 23.9. The second-order valence-corrected chi connectivity index (χ2v) is 6.47. The van der Waals surface area contributed by atoms with Crippen molar-refractivity contribution in [2.75, 3.05) is 6.61 Å². The smallest absolute Gasteiger partial charge is 0.227 e. The van der Waals surface area contributed by atoms with Crippen LogP contribution in [0.4, 0.5) is 0 Å². The van der Waals surface area contributed by atoms with Crippen LogP contribution in [0.5, 0.6) is 0 Å². The van der Waals surface area contributed by atoms with Gasteiger partial charge in [0.25, 0.3) is 0 Å². The van der Waals surface area contributed by atoms with Crippen LogP contribution >= 0.6 is 0 Å². The third-order valence-corrected chi connectivity index (χ3v) is 4.21. The van der Waals surface area contributed by atoms with Gasteiger partial charge >= 0.3 is 0 Å². The Balaban J connectivity index is 1.51. The van der Waals surface area contributed by atoms with Gasteiger partial charge in [-0.2, -0.15) is 4.98 Å². The lowest BCUT2D eigenvalue weighted by molar-refractivity contribution is -0.196. The number of aryl methyl sites for hydroxylation is 2. The molecule has 0 saturated heterocycles. The predicted octanol–water partition coefficient (Wildman–Crippen LogP) is 2.02. The zero-order valence-corrected chi connectivity index (χ0v) is 14.9. The van der Waals surface area contributed by atoms with Crippen LogP contribution < -0.4 is 0 Å². The van der Waals surface area contributed by atoms with Gasteiger partial charge in [0.2, 0.25) is 11.7 Å². The first-order chi connectivity index (χ1) is 12.5. The van der Waals surface area contributed by atoms with Crippen molar-refractivity contribution in [3.63, 3.8) is 0 Å². The maximum Gasteiger partial charge on any atom is 0.227 e. The van der Waals surface area contributed by atoms with Gasteiger partial charge in [0.1, 0.15) is 12.2 Å². The van der Waals surface area contributed by atoms with Crippen molar-refractivity contribution >= 4 is 0 Å². The third kappa shape index (κ3) is 4.76. The summed E-state index contributed by atoms with van der Waals surface area (Å²) in [6, 6.07) is 7.95. The zero-order valence-electron chi connectivity index (χ0n) is 14.9. The number of aliphatic hydroxyl groups excluding tert-OH is 2. The highest BCUT2D eigenvalue weighted by Crippen LogP contribution is 2.19. The first-order valence-electron chi connectivity index (χ1n) is 8.73. The molecule has 1 aliphatic heterocycles. The van der Waals surface area contributed by atoms with Gasteiger partial charge in [-0.05, 0) is 32.4 Å². The van der Waals surface area contributed by atoms with Crippen molar-refractivity contribution in [3.8, 4) is 11.4 Å². The molecule has 7 heteroatoms. The molecule has 1 aromatic heterocycles. The number of aromatic nitrogens is 2. The molecule has 0 radical (unpaired) electrons. The summed E-state index contributed by atoms with van der Waals surface area (Å²) in [5.41, 5.74) is 2.07. The Kier molecular flexibility index (Phi) is 6.16. The average molecular weight is 360 g/mol. The van der Waals surface area contributed by atoms with E-state index in [1.807, 2.05) is 38.1 Å². The van der Waals surface area contributed by atoms with Crippen LogP contribution in [-0.2, 0) is 15.9 Å². The van der Waals surface area contributed by atoms with Gasteiger partial charge < -0.3 is 24.2 Å². The lowest BCUT2D eigenvalue weighted by Gasteiger charge is -2.29. The van der Waals surface area contributed by atoms with Gasteiger partial charge in [-0.1, -0.05) is 35.0 Å². The van der Waals surface area contributed by atoms with Gasteiger partial charge in [0.15, 0.2) is 6.29 Å². The molecule has 4 atom stereocenters. The van der Waals surface area contributed by atoms with E-state index >= 15 is 0 Å². The molecule has 0 aliphatic carbocycles. The van der Waals surface area contributed by atoms with E-state index < -0.39 is 18.5 Å². The molecule has 2 N–H and O–H groups in total. The van der Waals surface area contributed by atoms with Crippen LogP contribution in [0, 0.1) is 6.92 Å². The van der Waals surface area contributed by atoms with Gasteiger partial charge in [-0.15, -0.1) is 0 Å². The van der Waals surface area contributed by atoms with Crippen LogP contribution in [0.25, 0.3) is 11.4 Å². The Bertz CT molecular complexity index is 745. The minimum Gasteiger partial charge on any atom is -0.394 e. The molecule has 140 valence electrons. The summed E-state index contributed by atoms with van der Waals surface area (Å²) < 4.78 is 16.6. The van der Waals surface area contributed by atoms with Gasteiger partial charge in [-0.25, -0.2) is 0 Å². The molecule has 1 aromatic carbocycles. The molecular formula is C19H24N2O5. The van der Waals surface area contributed by atoms with Crippen molar-refractivity contribution in [2.24, 2.45) is 0 Å². The highest BCUT2D eigenvalue weighted by atomic mass is 16.7. The number of hydrogen-bond donors (Lipinski definition) is 2. The number of nitrogens with zero attached hydrogens (tertiary/aromatic N) is 2. The fourth-order valence-electron chi connectivity index (χ4n) is 2.74. The summed E-state index contributed by atoms with van der Waals surface area (Å²) in [5.74, 6) is 1.14. The molecule has 26 heavy (non-hydrogen) atoms. The maximum absolute atomic E-state index is 9.63. The second-order valence-electron chi connectivity index (χ2n) is 6.47. The molecule has 0 unspecified atom stereocenters. The summed E-state index contributed by atoms with van der Waals surface area (Å²) in [5, 5.41) is 22.8. The molecule has 2 heterocycles. The highest BCUT2D eigenvalue weighted by Gasteiger charge is 2.26. The topological polar surface area (TPSA) is 97.8 Å². The Morgan fingerprint density at radius 1 is 1.31 bits per heavy atom. The van der Waals surface area contributed by atoms with E-state index in [0.29, 0.717) is 24.6 Å². The fourth-order valence-corrected chi connectivity index (χ4v) is 2.74. The number of ether oxygens (including phenoxy) is 2. The van der Waals surface area contributed by atoms with Crippen molar-refractivity contribution in [1.29, 1.82) is 0 Å². The monoisotopic (exact) mass is 360 g/mol.